The van der Waals surface area contributed by atoms with Crippen molar-refractivity contribution in [1.82, 2.24) is 0 Å². The summed E-state index contributed by atoms with van der Waals surface area (Å²) in [4.78, 5) is 0. The highest BCUT2D eigenvalue weighted by Gasteiger charge is 2.46. The first-order valence-corrected chi connectivity index (χ1v) is 11.4. The Hall–Kier alpha value is 0.0649. The van der Waals surface area contributed by atoms with Gasteiger partial charge in [0.15, 0.2) is 0 Å². The van der Waals surface area contributed by atoms with Crippen LogP contribution in [0.3, 0.4) is 0 Å². The second-order valence-electron chi connectivity index (χ2n) is 9.93. The van der Waals surface area contributed by atoms with Crippen LogP contribution in [0.2, 0.25) is 5.31 Å². The van der Waals surface area contributed by atoms with Crippen LogP contribution in [-0.4, -0.2) is 7.85 Å². The second-order valence-corrected chi connectivity index (χ2v) is 9.93. The minimum absolute atomic E-state index is 0.146. The fourth-order valence-corrected chi connectivity index (χ4v) is 6.85. The largest absolute Gasteiger partial charge is 0.0750 e. The lowest BCUT2D eigenvalue weighted by molar-refractivity contribution is 0.0760. The van der Waals surface area contributed by atoms with Crippen LogP contribution < -0.4 is 0 Å². The van der Waals surface area contributed by atoms with Crippen LogP contribution in [0.1, 0.15) is 110 Å². The molecule has 2 radical (unpaired) electrons. The van der Waals surface area contributed by atoms with Crippen LogP contribution in [0.25, 0.3) is 0 Å². The Morgan fingerprint density at radius 1 is 0.708 bits per heavy atom. The molecule has 1 heteroatoms. The summed E-state index contributed by atoms with van der Waals surface area (Å²) in [6, 6.07) is 0. The first kappa shape index (κ1) is 18.8. The van der Waals surface area contributed by atoms with Gasteiger partial charge in [-0.1, -0.05) is 103 Å². The van der Waals surface area contributed by atoms with Gasteiger partial charge in [-0.05, 0) is 42.4 Å². The predicted octanol–water partition coefficient (Wildman–Crippen LogP) is 7.33. The number of rotatable bonds is 2. The summed E-state index contributed by atoms with van der Waals surface area (Å²) < 4.78 is 0. The molecule has 136 valence electrons. The molecule has 3 fully saturated rings. The number of hydrogen-bond acceptors (Lipinski definition) is 0. The van der Waals surface area contributed by atoms with E-state index < -0.39 is 0 Å². The van der Waals surface area contributed by atoms with Crippen molar-refractivity contribution >= 4 is 7.85 Å². The van der Waals surface area contributed by atoms with Gasteiger partial charge < -0.3 is 0 Å². The van der Waals surface area contributed by atoms with Crippen molar-refractivity contribution < 1.29 is 0 Å². The molecule has 0 nitrogen and oxygen atoms in total. The van der Waals surface area contributed by atoms with E-state index in [1.54, 1.807) is 0 Å². The van der Waals surface area contributed by atoms with Crippen molar-refractivity contribution in [3.63, 3.8) is 0 Å². The summed E-state index contributed by atoms with van der Waals surface area (Å²) in [5.41, 5.74) is 0. The van der Waals surface area contributed by atoms with Gasteiger partial charge in [0.05, 0.1) is 7.85 Å². The Labute approximate surface area is 153 Å². The molecule has 0 bridgehead atoms. The third-order valence-electron chi connectivity index (χ3n) is 8.06. The summed E-state index contributed by atoms with van der Waals surface area (Å²) in [7, 11) is 7.36. The summed E-state index contributed by atoms with van der Waals surface area (Å²) in [5, 5.41) is 0.146. The average Bonchev–Trinajstić information content (AvgIpc) is 2.85. The van der Waals surface area contributed by atoms with Gasteiger partial charge in [-0.15, -0.1) is 0 Å². The monoisotopic (exact) mass is 328 g/mol. The highest BCUT2D eigenvalue weighted by Crippen LogP contribution is 2.58. The van der Waals surface area contributed by atoms with Gasteiger partial charge in [-0.2, -0.15) is 0 Å². The van der Waals surface area contributed by atoms with Crippen LogP contribution >= 0.6 is 0 Å². The van der Waals surface area contributed by atoms with E-state index in [9.17, 15) is 0 Å². The summed E-state index contributed by atoms with van der Waals surface area (Å²) in [5.74, 6) is 4.42. The van der Waals surface area contributed by atoms with Crippen LogP contribution in [0, 0.1) is 29.6 Å². The average molecular weight is 328 g/mol. The van der Waals surface area contributed by atoms with Crippen molar-refractivity contribution in [3.8, 4) is 0 Å². The normalized spacial score (nSPS) is 38.5. The van der Waals surface area contributed by atoms with Crippen molar-refractivity contribution in [2.75, 3.05) is 0 Å². The fourth-order valence-electron chi connectivity index (χ4n) is 6.85. The molecule has 0 amide bonds. The lowest BCUT2D eigenvalue weighted by Crippen LogP contribution is -2.39. The molecule has 3 rings (SSSR count). The van der Waals surface area contributed by atoms with Gasteiger partial charge in [0.1, 0.15) is 0 Å². The molecule has 0 aliphatic heterocycles. The predicted molar refractivity (Wildman–Crippen MR) is 107 cm³/mol. The maximum absolute atomic E-state index is 7.36. The fraction of sp³-hybridized carbons (Fsp3) is 1.00. The second kappa shape index (κ2) is 8.63. The van der Waals surface area contributed by atoms with Crippen molar-refractivity contribution in [1.29, 1.82) is 0 Å². The van der Waals surface area contributed by atoms with E-state index >= 15 is 0 Å². The Morgan fingerprint density at radius 2 is 1.29 bits per heavy atom. The molecule has 24 heavy (non-hydrogen) atoms. The molecule has 0 spiro atoms. The Bertz CT molecular complexity index is 366. The summed E-state index contributed by atoms with van der Waals surface area (Å²) in [6.45, 7) is 4.97. The van der Waals surface area contributed by atoms with E-state index in [0.29, 0.717) is 0 Å². The molecular formula is C23H41B. The maximum Gasteiger partial charge on any atom is 0.0750 e. The zero-order valence-electron chi connectivity index (χ0n) is 16.6. The van der Waals surface area contributed by atoms with Crippen molar-refractivity contribution in [2.24, 2.45) is 29.6 Å². The standard InChI is InChI=1S/C23H41B/c1-18(2)20-15-11-13-19-12-7-6-8-14-21(19)22(20)23(24)16-9-4-3-5-10-17-23/h18-22H,3-17H2,1-2H3. The van der Waals surface area contributed by atoms with Gasteiger partial charge in [0.2, 0.25) is 0 Å². The Morgan fingerprint density at radius 3 is 2.00 bits per heavy atom. The van der Waals surface area contributed by atoms with Crippen LogP contribution in [0.4, 0.5) is 0 Å². The molecule has 0 aromatic heterocycles. The molecule has 0 heterocycles. The van der Waals surface area contributed by atoms with E-state index in [1.165, 1.54) is 96.3 Å². The molecule has 3 saturated carbocycles. The topological polar surface area (TPSA) is 0 Å². The quantitative estimate of drug-likeness (QED) is 0.466. The SMILES string of the molecule is [B]C1(C2C(C(C)C)CCCC3CCCCCC32)CCCCCCC1. The molecule has 0 aromatic carbocycles. The highest BCUT2D eigenvalue weighted by molar-refractivity contribution is 6.15. The van der Waals surface area contributed by atoms with Crippen molar-refractivity contribution in [3.05, 3.63) is 0 Å². The minimum Gasteiger partial charge on any atom is -0.0627 e. The summed E-state index contributed by atoms with van der Waals surface area (Å²) >= 11 is 0. The van der Waals surface area contributed by atoms with Gasteiger partial charge >= 0.3 is 0 Å². The van der Waals surface area contributed by atoms with E-state index in [4.69, 9.17) is 7.85 Å². The van der Waals surface area contributed by atoms with Gasteiger partial charge in [-0.25, -0.2) is 0 Å². The number of fused-ring (bicyclic) bond motifs is 1. The number of hydrogen-bond donors (Lipinski definition) is 0. The molecule has 4 atom stereocenters. The third-order valence-corrected chi connectivity index (χ3v) is 8.06. The van der Waals surface area contributed by atoms with Gasteiger partial charge in [0.25, 0.3) is 0 Å². The zero-order valence-corrected chi connectivity index (χ0v) is 16.6. The zero-order chi connectivity index (χ0) is 17.0. The van der Waals surface area contributed by atoms with E-state index in [-0.39, 0.29) is 5.31 Å². The molecule has 3 aliphatic carbocycles. The minimum atomic E-state index is 0.146. The highest BCUT2D eigenvalue weighted by atomic mass is 14.5. The first-order valence-electron chi connectivity index (χ1n) is 11.4. The Balaban J connectivity index is 1.91. The summed E-state index contributed by atoms with van der Waals surface area (Å²) in [6.07, 6.45) is 21.5. The third kappa shape index (κ3) is 4.24. The first-order chi connectivity index (χ1) is 11.6. The van der Waals surface area contributed by atoms with Crippen LogP contribution in [0.15, 0.2) is 0 Å². The molecule has 0 N–H and O–H groups in total. The van der Waals surface area contributed by atoms with E-state index in [1.807, 2.05) is 0 Å². The smallest absolute Gasteiger partial charge is 0.0627 e. The van der Waals surface area contributed by atoms with Crippen LogP contribution in [-0.2, 0) is 0 Å². The molecule has 3 aliphatic rings. The van der Waals surface area contributed by atoms with Gasteiger partial charge in [-0.3, -0.25) is 0 Å². The molecular weight excluding hydrogens is 287 g/mol. The lowest BCUT2D eigenvalue weighted by Gasteiger charge is -2.50. The van der Waals surface area contributed by atoms with E-state index in [0.717, 1.165) is 29.6 Å². The molecule has 0 saturated heterocycles. The maximum atomic E-state index is 7.36. The lowest BCUT2D eigenvalue weighted by atomic mass is 9.47. The molecule has 4 unspecified atom stereocenters. The van der Waals surface area contributed by atoms with Crippen molar-refractivity contribution in [2.45, 2.75) is 115 Å². The Kier molecular flexibility index (Phi) is 6.78. The van der Waals surface area contributed by atoms with Gasteiger partial charge in [0, 0.05) is 0 Å². The van der Waals surface area contributed by atoms with E-state index in [2.05, 4.69) is 13.8 Å². The van der Waals surface area contributed by atoms with Crippen LogP contribution in [0.5, 0.6) is 0 Å². The molecule has 0 aromatic rings.